The van der Waals surface area contributed by atoms with Gasteiger partial charge in [-0.15, -0.1) is 0 Å². The Hall–Kier alpha value is -2.31. The van der Waals surface area contributed by atoms with Crippen LogP contribution in [0.15, 0.2) is 59.1 Å². The van der Waals surface area contributed by atoms with E-state index in [-0.39, 0.29) is 17.4 Å². The highest BCUT2D eigenvalue weighted by molar-refractivity contribution is 9.10. The van der Waals surface area contributed by atoms with E-state index in [1.165, 1.54) is 25.3 Å². The SMILES string of the molecule is COc1cc(CNc2ccc(F)c(Cl)c2)c(Br)cc1OCc1ccccc1F. The molecule has 0 radical (unpaired) electrons. The molecule has 0 unspecified atom stereocenters. The topological polar surface area (TPSA) is 30.5 Å². The molecule has 0 aliphatic carbocycles. The molecule has 0 fully saturated rings. The molecule has 0 saturated heterocycles. The predicted octanol–water partition coefficient (Wildman–Crippen LogP) is 6.58. The Morgan fingerprint density at radius 2 is 1.75 bits per heavy atom. The molecular formula is C21H17BrClF2NO2. The molecule has 3 nitrogen and oxygen atoms in total. The quantitative estimate of drug-likeness (QED) is 0.425. The summed E-state index contributed by atoms with van der Waals surface area (Å²) >= 11 is 9.32. The van der Waals surface area contributed by atoms with Gasteiger partial charge in [0.2, 0.25) is 0 Å². The second-order valence-corrected chi connectivity index (χ2v) is 7.22. The standard InChI is InChI=1S/C21H17BrClF2NO2/c1-27-20-8-14(11-26-15-6-7-19(25)17(23)9-15)16(22)10-21(20)28-12-13-4-2-3-5-18(13)24/h2-10,26H,11-12H2,1H3. The lowest BCUT2D eigenvalue weighted by atomic mass is 10.2. The van der Waals surface area contributed by atoms with E-state index in [9.17, 15) is 8.78 Å². The van der Waals surface area contributed by atoms with Crippen LogP contribution in [0.4, 0.5) is 14.5 Å². The molecule has 0 spiro atoms. The lowest BCUT2D eigenvalue weighted by molar-refractivity contribution is 0.279. The van der Waals surface area contributed by atoms with Crippen LogP contribution in [0.2, 0.25) is 5.02 Å². The second-order valence-electron chi connectivity index (χ2n) is 5.96. The molecule has 3 aromatic rings. The Balaban J connectivity index is 1.73. The van der Waals surface area contributed by atoms with Crippen LogP contribution in [-0.2, 0) is 13.2 Å². The maximum Gasteiger partial charge on any atom is 0.162 e. The summed E-state index contributed by atoms with van der Waals surface area (Å²) in [6, 6.07) is 14.5. The van der Waals surface area contributed by atoms with Crippen LogP contribution in [-0.4, -0.2) is 7.11 Å². The molecule has 0 bridgehead atoms. The Labute approximate surface area is 175 Å². The van der Waals surface area contributed by atoms with E-state index in [4.69, 9.17) is 21.1 Å². The fourth-order valence-corrected chi connectivity index (χ4v) is 3.20. The van der Waals surface area contributed by atoms with Gasteiger partial charge in [-0.3, -0.25) is 0 Å². The normalized spacial score (nSPS) is 10.6. The van der Waals surface area contributed by atoms with Crippen molar-refractivity contribution in [3.63, 3.8) is 0 Å². The molecule has 1 N–H and O–H groups in total. The van der Waals surface area contributed by atoms with Gasteiger partial charge in [0.25, 0.3) is 0 Å². The molecule has 146 valence electrons. The average molecular weight is 469 g/mol. The zero-order valence-corrected chi connectivity index (χ0v) is 17.3. The van der Waals surface area contributed by atoms with Gasteiger partial charge in [0.15, 0.2) is 11.5 Å². The number of hydrogen-bond acceptors (Lipinski definition) is 3. The molecule has 3 rings (SSSR count). The highest BCUT2D eigenvalue weighted by atomic mass is 79.9. The molecule has 0 amide bonds. The van der Waals surface area contributed by atoms with Gasteiger partial charge in [-0.2, -0.15) is 0 Å². The first-order chi connectivity index (χ1) is 13.5. The average Bonchev–Trinajstić information content (AvgIpc) is 2.69. The van der Waals surface area contributed by atoms with E-state index < -0.39 is 5.82 Å². The van der Waals surface area contributed by atoms with Crippen LogP contribution in [0.5, 0.6) is 11.5 Å². The summed E-state index contributed by atoms with van der Waals surface area (Å²) in [5.41, 5.74) is 2.05. The highest BCUT2D eigenvalue weighted by Crippen LogP contribution is 2.34. The molecule has 0 aromatic heterocycles. The maximum absolute atomic E-state index is 13.8. The molecule has 3 aromatic carbocycles. The van der Waals surface area contributed by atoms with Gasteiger partial charge in [0.1, 0.15) is 18.2 Å². The van der Waals surface area contributed by atoms with Gasteiger partial charge in [0.05, 0.1) is 12.1 Å². The summed E-state index contributed by atoms with van der Waals surface area (Å²) in [6.07, 6.45) is 0. The Morgan fingerprint density at radius 3 is 2.46 bits per heavy atom. The number of halogens is 4. The number of anilines is 1. The van der Waals surface area contributed by atoms with E-state index in [0.29, 0.717) is 29.3 Å². The van der Waals surface area contributed by atoms with E-state index in [0.717, 1.165) is 10.0 Å². The van der Waals surface area contributed by atoms with Gasteiger partial charge in [0, 0.05) is 22.3 Å². The fourth-order valence-electron chi connectivity index (χ4n) is 2.56. The van der Waals surface area contributed by atoms with Crippen molar-refractivity contribution in [3.8, 4) is 11.5 Å². The Bertz CT molecular complexity index is 985. The van der Waals surface area contributed by atoms with Crippen molar-refractivity contribution in [2.24, 2.45) is 0 Å². The predicted molar refractivity (Wildman–Crippen MR) is 110 cm³/mol. The summed E-state index contributed by atoms with van der Waals surface area (Å²) in [7, 11) is 1.54. The van der Waals surface area contributed by atoms with Crippen molar-refractivity contribution in [2.75, 3.05) is 12.4 Å². The minimum Gasteiger partial charge on any atom is -0.493 e. The van der Waals surface area contributed by atoms with Crippen LogP contribution in [0.1, 0.15) is 11.1 Å². The molecule has 28 heavy (non-hydrogen) atoms. The number of methoxy groups -OCH3 is 1. The smallest absolute Gasteiger partial charge is 0.162 e. The third kappa shape index (κ3) is 4.94. The summed E-state index contributed by atoms with van der Waals surface area (Å²) in [6.45, 7) is 0.535. The van der Waals surface area contributed by atoms with Crippen molar-refractivity contribution < 1.29 is 18.3 Å². The molecular weight excluding hydrogens is 452 g/mol. The zero-order chi connectivity index (χ0) is 20.1. The van der Waals surface area contributed by atoms with Crippen LogP contribution in [0.3, 0.4) is 0 Å². The molecule has 7 heteroatoms. The van der Waals surface area contributed by atoms with E-state index in [1.807, 2.05) is 6.07 Å². The number of rotatable bonds is 7. The van der Waals surface area contributed by atoms with E-state index in [1.54, 1.807) is 30.3 Å². The Kier molecular flexibility index (Phi) is 6.75. The summed E-state index contributed by atoms with van der Waals surface area (Å²) in [5, 5.41) is 3.23. The minimum atomic E-state index is -0.466. The maximum atomic E-state index is 13.8. The Morgan fingerprint density at radius 1 is 0.964 bits per heavy atom. The molecule has 0 heterocycles. The second kappa shape index (κ2) is 9.26. The van der Waals surface area contributed by atoms with E-state index >= 15 is 0 Å². The first-order valence-corrected chi connectivity index (χ1v) is 9.56. The third-order valence-corrected chi connectivity index (χ3v) is 5.10. The first-order valence-electron chi connectivity index (χ1n) is 8.39. The molecule has 0 saturated carbocycles. The molecule has 0 aliphatic rings. The van der Waals surface area contributed by atoms with Crippen LogP contribution in [0, 0.1) is 11.6 Å². The van der Waals surface area contributed by atoms with Gasteiger partial charge < -0.3 is 14.8 Å². The fraction of sp³-hybridized carbons (Fsp3) is 0.143. The number of ether oxygens (including phenoxy) is 2. The largest absolute Gasteiger partial charge is 0.493 e. The van der Waals surface area contributed by atoms with Crippen molar-refractivity contribution >= 4 is 33.2 Å². The molecule has 0 atom stereocenters. The lowest BCUT2D eigenvalue weighted by Gasteiger charge is -2.15. The lowest BCUT2D eigenvalue weighted by Crippen LogP contribution is -2.04. The van der Waals surface area contributed by atoms with Crippen molar-refractivity contribution in [1.29, 1.82) is 0 Å². The molecule has 0 aliphatic heterocycles. The van der Waals surface area contributed by atoms with Gasteiger partial charge in [-0.05, 0) is 42.0 Å². The summed E-state index contributed by atoms with van der Waals surface area (Å²) < 4.78 is 39.0. The van der Waals surface area contributed by atoms with Crippen molar-refractivity contribution in [2.45, 2.75) is 13.2 Å². The third-order valence-electron chi connectivity index (χ3n) is 4.08. The number of nitrogens with one attached hydrogen (secondary N) is 1. The summed E-state index contributed by atoms with van der Waals surface area (Å²) in [4.78, 5) is 0. The summed E-state index contributed by atoms with van der Waals surface area (Å²) in [5.74, 6) is 0.227. The van der Waals surface area contributed by atoms with Crippen LogP contribution in [0.25, 0.3) is 0 Å². The number of benzene rings is 3. The highest BCUT2D eigenvalue weighted by Gasteiger charge is 2.12. The van der Waals surface area contributed by atoms with Gasteiger partial charge >= 0.3 is 0 Å². The van der Waals surface area contributed by atoms with E-state index in [2.05, 4.69) is 21.2 Å². The van der Waals surface area contributed by atoms with Crippen molar-refractivity contribution in [3.05, 3.63) is 86.9 Å². The van der Waals surface area contributed by atoms with Gasteiger partial charge in [-0.25, -0.2) is 8.78 Å². The monoisotopic (exact) mass is 467 g/mol. The van der Waals surface area contributed by atoms with Crippen molar-refractivity contribution in [1.82, 2.24) is 0 Å². The van der Waals surface area contributed by atoms with Crippen LogP contribution >= 0.6 is 27.5 Å². The van der Waals surface area contributed by atoms with Gasteiger partial charge in [-0.1, -0.05) is 45.7 Å². The van der Waals surface area contributed by atoms with Crippen LogP contribution < -0.4 is 14.8 Å². The first kappa shape index (κ1) is 20.4. The minimum absolute atomic E-state index is 0.0542. The number of hydrogen-bond donors (Lipinski definition) is 1. The zero-order valence-electron chi connectivity index (χ0n) is 14.9.